The Morgan fingerprint density at radius 3 is 2.67 bits per heavy atom. The lowest BCUT2D eigenvalue weighted by Crippen LogP contribution is -2.56. The minimum atomic E-state index is -0.309. The van der Waals surface area contributed by atoms with Gasteiger partial charge in [0.2, 0.25) is 5.91 Å². The summed E-state index contributed by atoms with van der Waals surface area (Å²) in [5.41, 5.74) is 2.03. The van der Waals surface area contributed by atoms with E-state index in [0.717, 1.165) is 50.3 Å². The summed E-state index contributed by atoms with van der Waals surface area (Å²) in [5.74, 6) is 1.69. The summed E-state index contributed by atoms with van der Waals surface area (Å²) in [4.78, 5) is 27.2. The van der Waals surface area contributed by atoms with Gasteiger partial charge >= 0.3 is 5.97 Å². The van der Waals surface area contributed by atoms with Gasteiger partial charge in [-0.3, -0.25) is 9.59 Å². The number of piperidine rings is 1. The highest BCUT2D eigenvalue weighted by Gasteiger charge is 2.48. The van der Waals surface area contributed by atoms with Crippen LogP contribution in [-0.4, -0.2) is 42.5 Å². The fraction of sp³-hybridized carbons (Fsp3) is 0.517. The fourth-order valence-electron chi connectivity index (χ4n) is 6.32. The molecule has 0 unspecified atom stereocenters. The van der Waals surface area contributed by atoms with E-state index >= 15 is 0 Å². The summed E-state index contributed by atoms with van der Waals surface area (Å²) in [5, 5.41) is 4.27. The number of benzene rings is 2. The average Bonchev–Trinajstić information content (AvgIpc) is 3.65. The van der Waals surface area contributed by atoms with Crippen molar-refractivity contribution in [2.75, 3.05) is 19.6 Å². The number of likely N-dealkylation sites (tertiary alicyclic amines) is 1. The van der Waals surface area contributed by atoms with Crippen molar-refractivity contribution in [1.82, 2.24) is 10.2 Å². The Hall–Kier alpha value is -2.08. The Kier molecular flexibility index (Phi) is 7.62. The average molecular weight is 530 g/mol. The van der Waals surface area contributed by atoms with E-state index in [4.69, 9.17) is 27.9 Å². The monoisotopic (exact) mass is 528 g/mol. The van der Waals surface area contributed by atoms with Crippen molar-refractivity contribution < 1.29 is 14.3 Å². The smallest absolute Gasteiger partial charge is 0.308 e. The van der Waals surface area contributed by atoms with Gasteiger partial charge in [-0.2, -0.15) is 0 Å². The van der Waals surface area contributed by atoms with Crippen molar-refractivity contribution in [2.45, 2.75) is 63.3 Å². The molecule has 1 heterocycles. The summed E-state index contributed by atoms with van der Waals surface area (Å²) in [6, 6.07) is 13.5. The molecule has 2 aromatic carbocycles. The van der Waals surface area contributed by atoms with Crippen molar-refractivity contribution in [1.29, 1.82) is 0 Å². The van der Waals surface area contributed by atoms with E-state index in [0.29, 0.717) is 21.7 Å². The summed E-state index contributed by atoms with van der Waals surface area (Å²) in [6.45, 7) is 4.81. The van der Waals surface area contributed by atoms with Crippen LogP contribution < -0.4 is 10.1 Å². The topological polar surface area (TPSA) is 58.6 Å². The minimum absolute atomic E-state index is 0.00632. The number of carbonyl (C=O) groups is 2. The van der Waals surface area contributed by atoms with Gasteiger partial charge in [0.15, 0.2) is 0 Å². The molecule has 0 radical (unpaired) electrons. The second-order valence-corrected chi connectivity index (χ2v) is 11.7. The van der Waals surface area contributed by atoms with Gasteiger partial charge in [-0.1, -0.05) is 41.4 Å². The molecule has 3 aliphatic rings. The molecule has 7 heteroatoms. The normalized spacial score (nSPS) is 26.2. The lowest BCUT2D eigenvalue weighted by Gasteiger charge is -2.53. The fourth-order valence-corrected chi connectivity index (χ4v) is 6.64. The zero-order valence-corrected chi connectivity index (χ0v) is 22.3. The number of halogens is 2. The van der Waals surface area contributed by atoms with Gasteiger partial charge in [0.1, 0.15) is 5.75 Å². The standard InChI is InChI=1S/C29H34Cl2N2O3/c1-19(34)36-25-4-2-3-22(15-25)29-11-12-33(17-20-5-6-20)18-23(29)8-9-24(16-29)32-28(35)14-21-7-10-26(30)27(31)13-21/h2-4,7,10,13,15,20,23-24H,5-6,8-9,11-12,14,16-18H2,1H3,(H,32,35)/t23-,24+,29+/m1/s1. The molecule has 1 saturated heterocycles. The molecule has 3 atom stereocenters. The van der Waals surface area contributed by atoms with E-state index in [2.05, 4.69) is 16.3 Å². The van der Waals surface area contributed by atoms with Gasteiger partial charge in [0.25, 0.3) is 0 Å². The lowest BCUT2D eigenvalue weighted by atomic mass is 9.58. The first-order chi connectivity index (χ1) is 17.3. The van der Waals surface area contributed by atoms with Crippen LogP contribution in [0.5, 0.6) is 5.75 Å². The number of amides is 1. The maximum atomic E-state index is 13.0. The van der Waals surface area contributed by atoms with Crippen LogP contribution in [0.1, 0.15) is 56.6 Å². The number of rotatable bonds is 7. The van der Waals surface area contributed by atoms with Crippen LogP contribution in [0.2, 0.25) is 10.0 Å². The first kappa shape index (κ1) is 25.6. The van der Waals surface area contributed by atoms with Gasteiger partial charge in [-0.25, -0.2) is 0 Å². The van der Waals surface area contributed by atoms with Crippen LogP contribution in [0.3, 0.4) is 0 Å². The van der Waals surface area contributed by atoms with E-state index in [1.165, 1.54) is 31.9 Å². The number of hydrogen-bond donors (Lipinski definition) is 1. The summed E-state index contributed by atoms with van der Waals surface area (Å²) >= 11 is 12.2. The molecular formula is C29H34Cl2N2O3. The molecular weight excluding hydrogens is 495 g/mol. The minimum Gasteiger partial charge on any atom is -0.427 e. The Bertz CT molecular complexity index is 1140. The number of esters is 1. The maximum absolute atomic E-state index is 13.0. The Balaban J connectivity index is 1.34. The third kappa shape index (κ3) is 5.90. The molecule has 36 heavy (non-hydrogen) atoms. The van der Waals surface area contributed by atoms with Crippen LogP contribution in [0.15, 0.2) is 42.5 Å². The molecule has 3 fully saturated rings. The number of fused-ring (bicyclic) bond motifs is 1. The number of nitrogens with one attached hydrogen (secondary N) is 1. The Morgan fingerprint density at radius 2 is 1.92 bits per heavy atom. The molecule has 1 aliphatic heterocycles. The van der Waals surface area contributed by atoms with Crippen molar-refractivity contribution in [2.24, 2.45) is 11.8 Å². The van der Waals surface area contributed by atoms with E-state index in [9.17, 15) is 9.59 Å². The molecule has 2 saturated carbocycles. The lowest BCUT2D eigenvalue weighted by molar-refractivity contribution is -0.132. The zero-order chi connectivity index (χ0) is 25.3. The highest BCUT2D eigenvalue weighted by Crippen LogP contribution is 2.50. The van der Waals surface area contributed by atoms with E-state index in [1.807, 2.05) is 24.3 Å². The third-order valence-corrected chi connectivity index (χ3v) is 8.95. The Labute approximate surface area is 223 Å². The molecule has 2 aromatic rings. The maximum Gasteiger partial charge on any atom is 0.308 e. The SMILES string of the molecule is CC(=O)Oc1cccc([C@@]23CCN(CC4CC4)C[C@H]2CC[C@H](NC(=O)Cc2ccc(Cl)c(Cl)c2)C3)c1. The van der Waals surface area contributed by atoms with Crippen LogP contribution in [-0.2, 0) is 21.4 Å². The molecule has 1 amide bonds. The summed E-state index contributed by atoms with van der Waals surface area (Å²) < 4.78 is 5.44. The number of nitrogens with zero attached hydrogens (tertiary/aromatic N) is 1. The summed E-state index contributed by atoms with van der Waals surface area (Å²) in [7, 11) is 0. The molecule has 2 aliphatic carbocycles. The van der Waals surface area contributed by atoms with Gasteiger partial charge in [-0.05, 0) is 92.3 Å². The van der Waals surface area contributed by atoms with E-state index < -0.39 is 0 Å². The Morgan fingerprint density at radius 1 is 1.08 bits per heavy atom. The van der Waals surface area contributed by atoms with E-state index in [-0.39, 0.29) is 29.8 Å². The van der Waals surface area contributed by atoms with Crippen molar-refractivity contribution in [3.63, 3.8) is 0 Å². The number of carbonyl (C=O) groups excluding carboxylic acids is 2. The van der Waals surface area contributed by atoms with Crippen LogP contribution in [0.25, 0.3) is 0 Å². The number of hydrogen-bond acceptors (Lipinski definition) is 4. The van der Waals surface area contributed by atoms with Crippen molar-refractivity contribution in [3.8, 4) is 5.75 Å². The highest BCUT2D eigenvalue weighted by molar-refractivity contribution is 6.42. The predicted octanol–water partition coefficient (Wildman–Crippen LogP) is 5.80. The molecule has 0 bridgehead atoms. The quantitative estimate of drug-likeness (QED) is 0.364. The molecule has 1 N–H and O–H groups in total. The summed E-state index contributed by atoms with van der Waals surface area (Å²) in [6.07, 6.45) is 6.99. The molecule has 5 nitrogen and oxygen atoms in total. The van der Waals surface area contributed by atoms with E-state index in [1.54, 1.807) is 12.1 Å². The van der Waals surface area contributed by atoms with Gasteiger partial charge in [0, 0.05) is 31.5 Å². The first-order valence-electron chi connectivity index (χ1n) is 13.1. The highest BCUT2D eigenvalue weighted by atomic mass is 35.5. The molecule has 192 valence electrons. The second-order valence-electron chi connectivity index (χ2n) is 10.9. The van der Waals surface area contributed by atoms with Crippen LogP contribution >= 0.6 is 23.2 Å². The molecule has 0 spiro atoms. The number of ether oxygens (including phenoxy) is 1. The van der Waals surface area contributed by atoms with Crippen LogP contribution in [0.4, 0.5) is 0 Å². The molecule has 5 rings (SSSR count). The van der Waals surface area contributed by atoms with Gasteiger partial charge < -0.3 is 15.0 Å². The van der Waals surface area contributed by atoms with Gasteiger partial charge in [0.05, 0.1) is 16.5 Å². The largest absolute Gasteiger partial charge is 0.427 e. The van der Waals surface area contributed by atoms with Crippen molar-refractivity contribution >= 4 is 35.1 Å². The first-order valence-corrected chi connectivity index (χ1v) is 13.8. The third-order valence-electron chi connectivity index (χ3n) is 8.21. The zero-order valence-electron chi connectivity index (χ0n) is 20.8. The second kappa shape index (κ2) is 10.7. The molecule has 0 aromatic heterocycles. The van der Waals surface area contributed by atoms with Crippen molar-refractivity contribution in [3.05, 3.63) is 63.6 Å². The predicted molar refractivity (Wildman–Crippen MR) is 143 cm³/mol. The van der Waals surface area contributed by atoms with Gasteiger partial charge in [-0.15, -0.1) is 0 Å². The van der Waals surface area contributed by atoms with Crippen LogP contribution in [0, 0.1) is 11.8 Å².